The molecule has 314 valence electrons. The molecule has 11 rings (SSSR count). The van der Waals surface area contributed by atoms with Gasteiger partial charge in [-0.1, -0.05) is 132 Å². The summed E-state index contributed by atoms with van der Waals surface area (Å²) in [5.41, 5.74) is 13.0. The Balaban J connectivity index is 1.22. The lowest BCUT2D eigenvalue weighted by atomic mass is 9.93. The van der Waals surface area contributed by atoms with Crippen molar-refractivity contribution >= 4 is 43.6 Å². The molecule has 0 amide bonds. The fourth-order valence-electron chi connectivity index (χ4n) is 9.70. The molecule has 4 nitrogen and oxygen atoms in total. The average Bonchev–Trinajstić information content (AvgIpc) is 3.85. The fraction of sp³-hybridized carbons (Fsp3) is 0.0508. The molecule has 0 spiro atoms. The fourth-order valence-corrected chi connectivity index (χ4v) is 9.70. The number of aryl methyl sites for hydroxylation is 2. The molecule has 9 aromatic carbocycles. The molecule has 2 heterocycles. The Morgan fingerprint density at radius 3 is 1.33 bits per heavy atom. The lowest BCUT2D eigenvalue weighted by molar-refractivity contribution is -0.137. The van der Waals surface area contributed by atoms with Gasteiger partial charge < -0.3 is 9.13 Å². The second kappa shape index (κ2) is 15.6. The Labute approximate surface area is 378 Å². The molecule has 0 N–H and O–H groups in total. The topological polar surface area (TPSA) is 57.4 Å². The number of rotatable bonds is 6. The molecule has 0 unspecified atom stereocenters. The summed E-state index contributed by atoms with van der Waals surface area (Å²) in [6.07, 6.45) is -4.73. The van der Waals surface area contributed by atoms with E-state index in [9.17, 15) is 23.7 Å². The van der Waals surface area contributed by atoms with Gasteiger partial charge in [0.1, 0.15) is 0 Å². The summed E-state index contributed by atoms with van der Waals surface area (Å²) in [5, 5.41) is 24.1. The van der Waals surface area contributed by atoms with Gasteiger partial charge in [-0.25, -0.2) is 0 Å². The number of nitrogens with zero attached hydrogens (tertiary/aromatic N) is 4. The Hall–Kier alpha value is -8.65. The van der Waals surface area contributed by atoms with Crippen molar-refractivity contribution < 1.29 is 13.2 Å². The van der Waals surface area contributed by atoms with Crippen LogP contribution in [0.4, 0.5) is 13.2 Å². The highest BCUT2D eigenvalue weighted by Gasteiger charge is 2.34. The summed E-state index contributed by atoms with van der Waals surface area (Å²) >= 11 is 0. The zero-order chi connectivity index (χ0) is 45.3. The predicted octanol–water partition coefficient (Wildman–Crippen LogP) is 15.9. The molecule has 11 aromatic rings. The summed E-state index contributed by atoms with van der Waals surface area (Å²) in [7, 11) is 0. The number of nitriles is 2. The molecular weight excluding hydrogens is 822 g/mol. The first-order valence-electron chi connectivity index (χ1n) is 21.6. The van der Waals surface area contributed by atoms with Crippen molar-refractivity contribution in [3.63, 3.8) is 0 Å². The van der Waals surface area contributed by atoms with E-state index >= 15 is 0 Å². The van der Waals surface area contributed by atoms with E-state index in [0.29, 0.717) is 16.8 Å². The van der Waals surface area contributed by atoms with Crippen LogP contribution in [0.15, 0.2) is 188 Å². The number of para-hydroxylation sites is 2. The van der Waals surface area contributed by atoms with Crippen molar-refractivity contribution in [1.82, 2.24) is 9.13 Å². The van der Waals surface area contributed by atoms with Crippen LogP contribution in [0.1, 0.15) is 27.8 Å². The summed E-state index contributed by atoms with van der Waals surface area (Å²) in [6.45, 7) is 4.15. The van der Waals surface area contributed by atoms with Gasteiger partial charge in [0.05, 0.1) is 62.3 Å². The number of benzene rings is 9. The molecular formula is C59H37F3N4. The van der Waals surface area contributed by atoms with Crippen LogP contribution in [0, 0.1) is 36.5 Å². The lowest BCUT2D eigenvalue weighted by Crippen LogP contribution is -2.08. The van der Waals surface area contributed by atoms with Crippen LogP contribution in [0.25, 0.3) is 99.5 Å². The van der Waals surface area contributed by atoms with Gasteiger partial charge in [-0.15, -0.1) is 0 Å². The van der Waals surface area contributed by atoms with Crippen LogP contribution in [0.2, 0.25) is 0 Å². The average molecular weight is 859 g/mol. The third-order valence-corrected chi connectivity index (χ3v) is 12.7. The van der Waals surface area contributed by atoms with E-state index in [0.717, 1.165) is 94.3 Å². The molecule has 0 saturated carbocycles. The molecule has 0 bridgehead atoms. The number of halogens is 3. The molecule has 0 aliphatic carbocycles. The van der Waals surface area contributed by atoms with Crippen LogP contribution in [-0.2, 0) is 6.18 Å². The van der Waals surface area contributed by atoms with Gasteiger partial charge in [0.15, 0.2) is 0 Å². The third-order valence-electron chi connectivity index (χ3n) is 12.7. The number of hydrogen-bond acceptors (Lipinski definition) is 2. The molecule has 0 aliphatic heterocycles. The second-order valence-corrected chi connectivity index (χ2v) is 16.9. The van der Waals surface area contributed by atoms with Crippen molar-refractivity contribution in [3.05, 3.63) is 216 Å². The Morgan fingerprint density at radius 1 is 0.379 bits per heavy atom. The first-order chi connectivity index (χ1) is 32.1. The Bertz CT molecular complexity index is 3870. The summed E-state index contributed by atoms with van der Waals surface area (Å²) in [6, 6.07) is 65.0. The smallest absolute Gasteiger partial charge is 0.309 e. The van der Waals surface area contributed by atoms with Gasteiger partial charge in [0.25, 0.3) is 0 Å². The second-order valence-electron chi connectivity index (χ2n) is 16.9. The van der Waals surface area contributed by atoms with Gasteiger partial charge in [-0.3, -0.25) is 0 Å². The first-order valence-corrected chi connectivity index (χ1v) is 21.6. The maximum absolute atomic E-state index is 14.9. The summed E-state index contributed by atoms with van der Waals surface area (Å²) < 4.78 is 49.1. The quantitative estimate of drug-likeness (QED) is 0.167. The minimum absolute atomic E-state index is 0.0383. The predicted molar refractivity (Wildman–Crippen MR) is 261 cm³/mol. The molecule has 0 fully saturated rings. The SMILES string of the molecule is Cc1cccc(-c2ccc3c(c2)c2ccccc2n3-c2cc(C#N)ccc2-c2ccc(-c3ccc(C#N)cc3C(F)(F)F)cc2-n2c3ccccc3c3cc(-c4cccc(C)c4)ccc32)c1. The van der Waals surface area contributed by atoms with Gasteiger partial charge in [0, 0.05) is 32.7 Å². The van der Waals surface area contributed by atoms with Crippen LogP contribution < -0.4 is 0 Å². The summed E-state index contributed by atoms with van der Waals surface area (Å²) in [4.78, 5) is 0. The minimum atomic E-state index is -4.73. The molecule has 66 heavy (non-hydrogen) atoms. The van der Waals surface area contributed by atoms with Gasteiger partial charge in [-0.05, 0) is 114 Å². The number of alkyl halides is 3. The first kappa shape index (κ1) is 40.1. The largest absolute Gasteiger partial charge is 0.417 e. The van der Waals surface area contributed by atoms with E-state index in [1.165, 1.54) is 17.7 Å². The molecule has 0 saturated heterocycles. The van der Waals surface area contributed by atoms with E-state index in [4.69, 9.17) is 0 Å². The van der Waals surface area contributed by atoms with E-state index < -0.39 is 11.7 Å². The van der Waals surface area contributed by atoms with E-state index in [1.807, 2.05) is 66.7 Å². The summed E-state index contributed by atoms with van der Waals surface area (Å²) in [5.74, 6) is 0. The standard InChI is InChI=1S/C59H37F3N4/c1-36-9-7-11-40(27-36)42-20-25-55-50(31-42)46-13-3-5-15-53(46)65(55)57-30-39(35-64)18-23-48(57)49-24-19-44(45-22-17-38(34-63)29-52(45)59(60,61)62)33-58(49)66-54-16-6-4-14-47(54)51-32-43(21-26-56(51)66)41-12-8-10-37(2)28-41/h3-33H,1-2H3. The molecule has 2 aromatic heterocycles. The highest BCUT2D eigenvalue weighted by Crippen LogP contribution is 2.45. The molecule has 0 aliphatic rings. The molecule has 0 radical (unpaired) electrons. The van der Waals surface area contributed by atoms with Gasteiger partial charge >= 0.3 is 6.18 Å². The van der Waals surface area contributed by atoms with E-state index in [-0.39, 0.29) is 11.1 Å². The number of aromatic nitrogens is 2. The number of hydrogen-bond donors (Lipinski definition) is 0. The van der Waals surface area contributed by atoms with E-state index in [1.54, 1.807) is 12.1 Å². The Kier molecular flexibility index (Phi) is 9.46. The third kappa shape index (κ3) is 6.69. The van der Waals surface area contributed by atoms with Crippen molar-refractivity contribution in [3.8, 4) is 68.0 Å². The highest BCUT2D eigenvalue weighted by molar-refractivity contribution is 6.13. The van der Waals surface area contributed by atoms with Crippen LogP contribution in [0.3, 0.4) is 0 Å². The zero-order valence-corrected chi connectivity index (χ0v) is 35.8. The van der Waals surface area contributed by atoms with Crippen LogP contribution in [-0.4, -0.2) is 9.13 Å². The Morgan fingerprint density at radius 2 is 0.818 bits per heavy atom. The monoisotopic (exact) mass is 858 g/mol. The molecule has 7 heteroatoms. The van der Waals surface area contributed by atoms with Crippen molar-refractivity contribution in [2.75, 3.05) is 0 Å². The van der Waals surface area contributed by atoms with Gasteiger partial charge in [0.2, 0.25) is 0 Å². The maximum Gasteiger partial charge on any atom is 0.417 e. The minimum Gasteiger partial charge on any atom is -0.309 e. The number of fused-ring (bicyclic) bond motifs is 6. The van der Waals surface area contributed by atoms with Crippen molar-refractivity contribution in [2.24, 2.45) is 0 Å². The zero-order valence-electron chi connectivity index (χ0n) is 35.8. The normalized spacial score (nSPS) is 11.7. The highest BCUT2D eigenvalue weighted by atomic mass is 19.4. The van der Waals surface area contributed by atoms with Gasteiger partial charge in [-0.2, -0.15) is 23.7 Å². The van der Waals surface area contributed by atoms with E-state index in [2.05, 4.69) is 126 Å². The van der Waals surface area contributed by atoms with Crippen molar-refractivity contribution in [1.29, 1.82) is 10.5 Å². The maximum atomic E-state index is 14.9. The lowest BCUT2D eigenvalue weighted by Gasteiger charge is -2.21. The van der Waals surface area contributed by atoms with Crippen LogP contribution >= 0.6 is 0 Å². The molecule has 0 atom stereocenters. The van der Waals surface area contributed by atoms with Crippen molar-refractivity contribution in [2.45, 2.75) is 20.0 Å². The van der Waals surface area contributed by atoms with Crippen LogP contribution in [0.5, 0.6) is 0 Å².